The van der Waals surface area contributed by atoms with Gasteiger partial charge in [-0.05, 0) is 50.1 Å². The standard InChI is InChI=1S/C27H30N4O2S.C5H12S.H2/c1-3-33-17-5-7-21-6-4-8-24(18-21)25-20-34-27(28-25)29-26(32)23-11-9-22(10-12-23)19-31-15-13-30(2)14-16-31;1-5(2,3)6-4;/h4,6,8-12,18,20H,3,13-17,19H2,1-2H3,(H,28,29,32);1-4H3;1H. The summed E-state index contributed by atoms with van der Waals surface area (Å²) >= 11 is 3.30. The first kappa shape index (κ1) is 31.9. The summed E-state index contributed by atoms with van der Waals surface area (Å²) in [5.41, 5.74) is 4.55. The molecular formula is C32H44N4O2S2. The number of rotatable bonds is 7. The predicted octanol–water partition coefficient (Wildman–Crippen LogP) is 6.59. The largest absolute Gasteiger partial charge is 0.369 e. The van der Waals surface area contributed by atoms with Crippen LogP contribution in [0.4, 0.5) is 5.13 Å². The maximum atomic E-state index is 12.7. The third-order valence-electron chi connectivity index (χ3n) is 6.32. The smallest absolute Gasteiger partial charge is 0.257 e. The molecule has 0 bridgehead atoms. The molecule has 1 amide bonds. The lowest BCUT2D eigenvalue weighted by Crippen LogP contribution is -2.43. The summed E-state index contributed by atoms with van der Waals surface area (Å²) in [7, 11) is 2.16. The van der Waals surface area contributed by atoms with Crippen molar-refractivity contribution in [3.8, 4) is 23.1 Å². The van der Waals surface area contributed by atoms with E-state index >= 15 is 0 Å². The average molecular weight is 581 g/mol. The van der Waals surface area contributed by atoms with Gasteiger partial charge in [-0.15, -0.1) is 11.3 Å². The Morgan fingerprint density at radius 3 is 2.50 bits per heavy atom. The van der Waals surface area contributed by atoms with E-state index < -0.39 is 0 Å². The van der Waals surface area contributed by atoms with Crippen LogP contribution in [0.3, 0.4) is 0 Å². The molecule has 0 aliphatic carbocycles. The molecule has 4 rings (SSSR count). The highest BCUT2D eigenvalue weighted by atomic mass is 32.2. The summed E-state index contributed by atoms with van der Waals surface area (Å²) in [5, 5.41) is 5.45. The molecule has 0 spiro atoms. The number of anilines is 1. The normalized spacial score (nSPS) is 14.1. The number of ether oxygens (including phenoxy) is 1. The lowest BCUT2D eigenvalue weighted by Gasteiger charge is -2.32. The summed E-state index contributed by atoms with van der Waals surface area (Å²) < 4.78 is 5.72. The molecule has 0 unspecified atom stereocenters. The quantitative estimate of drug-likeness (QED) is 0.251. The number of amides is 1. The zero-order valence-electron chi connectivity index (χ0n) is 24.6. The van der Waals surface area contributed by atoms with Crippen LogP contribution >= 0.6 is 23.1 Å². The first-order valence-corrected chi connectivity index (χ1v) is 15.8. The van der Waals surface area contributed by atoms with E-state index in [0.717, 1.165) is 49.5 Å². The summed E-state index contributed by atoms with van der Waals surface area (Å²) in [6.45, 7) is 14.9. The zero-order valence-corrected chi connectivity index (χ0v) is 26.3. The van der Waals surface area contributed by atoms with Crippen molar-refractivity contribution in [1.29, 1.82) is 0 Å². The van der Waals surface area contributed by atoms with Gasteiger partial charge >= 0.3 is 0 Å². The molecule has 1 fully saturated rings. The minimum Gasteiger partial charge on any atom is -0.369 e. The number of piperazine rings is 1. The highest BCUT2D eigenvalue weighted by Crippen LogP contribution is 2.26. The van der Waals surface area contributed by atoms with E-state index in [1.807, 2.05) is 72.6 Å². The van der Waals surface area contributed by atoms with Gasteiger partial charge in [0, 0.05) is 67.6 Å². The van der Waals surface area contributed by atoms with Gasteiger partial charge < -0.3 is 9.64 Å². The maximum absolute atomic E-state index is 12.7. The highest BCUT2D eigenvalue weighted by molar-refractivity contribution is 7.99. The summed E-state index contributed by atoms with van der Waals surface area (Å²) in [6.07, 6.45) is 2.12. The SMILES string of the molecule is CCOCC#Cc1cccc(-c2csc(NC(=O)c3ccc(CN4CCN(C)CC4)cc3)n2)c1.CSC(C)(C)C.[HH]. The molecule has 6 nitrogen and oxygen atoms in total. The van der Waals surface area contributed by atoms with Gasteiger partial charge in [-0.1, -0.05) is 56.9 Å². The van der Waals surface area contributed by atoms with Gasteiger partial charge in [0.15, 0.2) is 5.13 Å². The number of nitrogens with zero attached hydrogens (tertiary/aromatic N) is 3. The number of nitrogens with one attached hydrogen (secondary N) is 1. The number of hydrogen-bond donors (Lipinski definition) is 1. The van der Waals surface area contributed by atoms with Crippen molar-refractivity contribution >= 4 is 34.1 Å². The van der Waals surface area contributed by atoms with Crippen molar-refractivity contribution in [2.45, 2.75) is 39.0 Å². The van der Waals surface area contributed by atoms with Gasteiger partial charge in [0.2, 0.25) is 0 Å². The molecule has 1 aromatic heterocycles. The molecule has 0 radical (unpaired) electrons. The first-order chi connectivity index (χ1) is 19.2. The minimum absolute atomic E-state index is 0. The second kappa shape index (κ2) is 15.9. The van der Waals surface area contributed by atoms with Crippen molar-refractivity contribution in [2.24, 2.45) is 0 Å². The van der Waals surface area contributed by atoms with Crippen LogP contribution in [0.15, 0.2) is 53.9 Å². The Kier molecular flexibility index (Phi) is 12.7. The van der Waals surface area contributed by atoms with E-state index in [1.54, 1.807) is 0 Å². The molecule has 0 saturated carbocycles. The van der Waals surface area contributed by atoms with Crippen molar-refractivity contribution in [3.63, 3.8) is 0 Å². The Labute approximate surface area is 250 Å². The van der Waals surface area contributed by atoms with Gasteiger partial charge in [0.1, 0.15) is 6.61 Å². The molecule has 0 atom stereocenters. The van der Waals surface area contributed by atoms with Crippen molar-refractivity contribution in [2.75, 3.05) is 58.0 Å². The van der Waals surface area contributed by atoms with Crippen LogP contribution in [0.1, 0.15) is 50.6 Å². The Balaban J connectivity index is 0.000000760. The topological polar surface area (TPSA) is 57.7 Å². The van der Waals surface area contributed by atoms with Crippen molar-refractivity contribution in [3.05, 3.63) is 70.6 Å². The van der Waals surface area contributed by atoms with Gasteiger partial charge in [0.05, 0.1) is 5.69 Å². The van der Waals surface area contributed by atoms with E-state index in [2.05, 4.69) is 66.0 Å². The van der Waals surface area contributed by atoms with Crippen LogP contribution in [0.2, 0.25) is 0 Å². The van der Waals surface area contributed by atoms with Gasteiger partial charge in [-0.25, -0.2) is 4.98 Å². The molecule has 3 aromatic rings. The molecule has 1 saturated heterocycles. The van der Waals surface area contributed by atoms with Gasteiger partial charge in [-0.2, -0.15) is 11.8 Å². The fourth-order valence-corrected chi connectivity index (χ4v) is 4.42. The van der Waals surface area contributed by atoms with E-state index in [-0.39, 0.29) is 7.33 Å². The Bertz CT molecular complexity index is 1270. The summed E-state index contributed by atoms with van der Waals surface area (Å²) in [4.78, 5) is 22.1. The number of carbonyl (C=O) groups is 1. The van der Waals surface area contributed by atoms with Crippen LogP contribution in [0, 0.1) is 11.8 Å². The predicted molar refractivity (Wildman–Crippen MR) is 173 cm³/mol. The van der Waals surface area contributed by atoms with Crippen LogP contribution in [-0.2, 0) is 11.3 Å². The minimum atomic E-state index is -0.150. The molecule has 216 valence electrons. The second-order valence-corrected chi connectivity index (χ2v) is 13.1. The number of hydrogen-bond acceptors (Lipinski definition) is 7. The van der Waals surface area contributed by atoms with E-state index in [4.69, 9.17) is 4.74 Å². The van der Waals surface area contributed by atoms with E-state index in [0.29, 0.717) is 28.7 Å². The average Bonchev–Trinajstić information content (AvgIpc) is 3.41. The Hall–Kier alpha value is -2.67. The zero-order chi connectivity index (χ0) is 29.0. The second-order valence-electron chi connectivity index (χ2n) is 10.6. The van der Waals surface area contributed by atoms with Crippen LogP contribution in [0.5, 0.6) is 0 Å². The maximum Gasteiger partial charge on any atom is 0.257 e. The van der Waals surface area contributed by atoms with Crippen LogP contribution < -0.4 is 5.32 Å². The highest BCUT2D eigenvalue weighted by Gasteiger charge is 2.15. The van der Waals surface area contributed by atoms with Crippen molar-refractivity contribution < 1.29 is 11.0 Å². The molecule has 1 aliphatic rings. The monoisotopic (exact) mass is 580 g/mol. The molecule has 40 heavy (non-hydrogen) atoms. The fourth-order valence-electron chi connectivity index (χ4n) is 3.71. The third-order valence-corrected chi connectivity index (χ3v) is 8.31. The number of aromatic nitrogens is 1. The number of thiazole rings is 1. The Morgan fingerprint density at radius 1 is 1.15 bits per heavy atom. The van der Waals surface area contributed by atoms with Gasteiger partial charge in [-0.3, -0.25) is 15.0 Å². The molecule has 8 heteroatoms. The van der Waals surface area contributed by atoms with Crippen LogP contribution in [-0.4, -0.2) is 78.1 Å². The molecule has 2 aromatic carbocycles. The molecule has 2 heterocycles. The molecule has 1 N–H and O–H groups in total. The lowest BCUT2D eigenvalue weighted by atomic mass is 10.1. The number of thioether (sulfide) groups is 1. The molecular weight excluding hydrogens is 537 g/mol. The number of carbonyl (C=O) groups excluding carboxylic acids is 1. The first-order valence-electron chi connectivity index (χ1n) is 13.7. The number of benzene rings is 2. The van der Waals surface area contributed by atoms with Crippen LogP contribution in [0.25, 0.3) is 11.3 Å². The van der Waals surface area contributed by atoms with E-state index in [1.165, 1.54) is 16.9 Å². The lowest BCUT2D eigenvalue weighted by molar-refractivity contribution is 0.102. The third kappa shape index (κ3) is 11.1. The summed E-state index contributed by atoms with van der Waals surface area (Å²) in [6, 6.07) is 15.8. The summed E-state index contributed by atoms with van der Waals surface area (Å²) in [5.74, 6) is 5.97. The van der Waals surface area contributed by atoms with Crippen molar-refractivity contribution in [1.82, 2.24) is 14.8 Å². The number of likely N-dealkylation sites (N-methyl/N-ethyl adjacent to an activating group) is 1. The fraction of sp³-hybridized carbons (Fsp3) is 0.438. The molecule has 1 aliphatic heterocycles. The Morgan fingerprint density at radius 2 is 1.85 bits per heavy atom. The van der Waals surface area contributed by atoms with E-state index in [9.17, 15) is 4.79 Å². The van der Waals surface area contributed by atoms with Gasteiger partial charge in [0.25, 0.3) is 5.91 Å².